The van der Waals surface area contributed by atoms with E-state index < -0.39 is 0 Å². The fourth-order valence-electron chi connectivity index (χ4n) is 6.18. The molecule has 0 amide bonds. The van der Waals surface area contributed by atoms with Crippen molar-refractivity contribution < 1.29 is 0 Å². The number of nitriles is 1. The number of hydrogen-bond donors (Lipinski definition) is 0. The Labute approximate surface area is 150 Å². The molecule has 0 spiro atoms. The molecule has 4 heterocycles. The summed E-state index contributed by atoms with van der Waals surface area (Å²) < 4.78 is 2.43. The quantitative estimate of drug-likeness (QED) is 0.793. The zero-order chi connectivity index (χ0) is 17.0. The molecule has 5 rings (SSSR count). The van der Waals surface area contributed by atoms with Crippen LogP contribution in [0.3, 0.4) is 0 Å². The van der Waals surface area contributed by atoms with Crippen molar-refractivity contribution in [2.24, 2.45) is 5.41 Å². The highest BCUT2D eigenvalue weighted by molar-refractivity contribution is 5.86. The summed E-state index contributed by atoms with van der Waals surface area (Å²) in [5.74, 6) is 0. The maximum Gasteiger partial charge on any atom is 0.121 e. The minimum Gasteiger partial charge on any atom is -0.326 e. The van der Waals surface area contributed by atoms with Gasteiger partial charge >= 0.3 is 0 Å². The van der Waals surface area contributed by atoms with E-state index in [-0.39, 0.29) is 6.04 Å². The van der Waals surface area contributed by atoms with Crippen molar-refractivity contribution in [1.29, 1.82) is 5.26 Å². The molecule has 130 valence electrons. The largest absolute Gasteiger partial charge is 0.326 e. The van der Waals surface area contributed by atoms with Gasteiger partial charge in [0.15, 0.2) is 0 Å². The summed E-state index contributed by atoms with van der Waals surface area (Å²) in [4.78, 5) is 2.75. The number of rotatable bonds is 3. The number of fused-ring (bicyclic) bond motifs is 3. The Morgan fingerprint density at radius 2 is 2.16 bits per heavy atom. The summed E-state index contributed by atoms with van der Waals surface area (Å²) >= 11 is 0. The molecule has 1 saturated heterocycles. The molecule has 2 aromatic rings. The van der Waals surface area contributed by atoms with Crippen molar-refractivity contribution in [3.63, 3.8) is 0 Å². The van der Waals surface area contributed by atoms with Crippen molar-refractivity contribution in [2.75, 3.05) is 13.1 Å². The number of piperidine rings is 1. The summed E-state index contributed by atoms with van der Waals surface area (Å²) in [7, 11) is 0. The second kappa shape index (κ2) is 5.61. The number of para-hydroxylation sites is 1. The van der Waals surface area contributed by atoms with Gasteiger partial charge in [-0.3, -0.25) is 4.90 Å². The Hall–Kier alpha value is -1.79. The van der Waals surface area contributed by atoms with E-state index >= 15 is 0 Å². The molecule has 0 N–H and O–H groups in total. The monoisotopic (exact) mass is 333 g/mol. The van der Waals surface area contributed by atoms with Crippen LogP contribution in [0.15, 0.2) is 24.3 Å². The average Bonchev–Trinajstić information content (AvgIpc) is 3.00. The number of unbranched alkanes of at least 4 members (excludes halogenated alkanes) is 1. The van der Waals surface area contributed by atoms with Crippen molar-refractivity contribution in [1.82, 2.24) is 9.47 Å². The first-order chi connectivity index (χ1) is 12.3. The molecule has 3 heteroatoms. The highest BCUT2D eigenvalue weighted by Crippen LogP contribution is 2.60. The van der Waals surface area contributed by atoms with E-state index in [0.29, 0.717) is 11.5 Å². The molecule has 1 aromatic carbocycles. The molecule has 1 unspecified atom stereocenters. The fourth-order valence-corrected chi connectivity index (χ4v) is 6.18. The summed E-state index contributed by atoms with van der Waals surface area (Å²) in [5, 5.41) is 11.4. The Balaban J connectivity index is 1.78. The van der Waals surface area contributed by atoms with Gasteiger partial charge in [-0.05, 0) is 55.7 Å². The predicted molar refractivity (Wildman–Crippen MR) is 100 cm³/mol. The molecule has 0 bridgehead atoms. The molecule has 3 atom stereocenters. The summed E-state index contributed by atoms with van der Waals surface area (Å²) in [6.07, 6.45) is 8.60. The third-order valence-electron chi connectivity index (χ3n) is 7.12. The zero-order valence-electron chi connectivity index (χ0n) is 15.2. The summed E-state index contributed by atoms with van der Waals surface area (Å²) in [5.41, 5.74) is 4.64. The molecular formula is C22H27N3. The molecule has 0 aliphatic carbocycles. The average molecular weight is 333 g/mol. The van der Waals surface area contributed by atoms with E-state index in [2.05, 4.69) is 46.7 Å². The highest BCUT2D eigenvalue weighted by Gasteiger charge is 2.53. The Kier molecular flexibility index (Phi) is 3.47. The SMILES string of the molecule is CCCC[C@@]12CCCN3CCc4c(n(c5ccccc45)C(C#N)C1)[C@H]32. The minimum absolute atomic E-state index is 0.000180. The molecule has 25 heavy (non-hydrogen) atoms. The van der Waals surface area contributed by atoms with Gasteiger partial charge in [0.1, 0.15) is 6.04 Å². The van der Waals surface area contributed by atoms with Crippen LogP contribution in [-0.2, 0) is 6.42 Å². The van der Waals surface area contributed by atoms with Gasteiger partial charge in [-0.25, -0.2) is 0 Å². The van der Waals surface area contributed by atoms with Crippen LogP contribution in [0.4, 0.5) is 0 Å². The fraction of sp³-hybridized carbons (Fsp3) is 0.591. The first-order valence-corrected chi connectivity index (χ1v) is 10.0. The molecule has 1 fully saturated rings. The van der Waals surface area contributed by atoms with Crippen LogP contribution in [0.25, 0.3) is 10.9 Å². The Morgan fingerprint density at radius 1 is 1.28 bits per heavy atom. The summed E-state index contributed by atoms with van der Waals surface area (Å²) in [6, 6.07) is 12.0. The predicted octanol–water partition coefficient (Wildman–Crippen LogP) is 4.98. The van der Waals surface area contributed by atoms with Crippen LogP contribution in [-0.4, -0.2) is 22.6 Å². The van der Waals surface area contributed by atoms with Crippen molar-refractivity contribution in [2.45, 2.75) is 64.0 Å². The highest BCUT2D eigenvalue weighted by atomic mass is 15.2. The standard InChI is InChI=1S/C22H27N3/c1-2-3-10-22-11-6-12-24-13-9-18-17-7-4-5-8-19(17)25(16(14-22)15-23)20(18)21(22)24/h4-5,7-8,16,21H,2-3,6,9-14H2,1H3/t16?,21-,22+/m0/s1. The van der Waals surface area contributed by atoms with Crippen LogP contribution < -0.4 is 0 Å². The number of benzene rings is 1. The van der Waals surface area contributed by atoms with E-state index in [1.54, 1.807) is 5.56 Å². The van der Waals surface area contributed by atoms with E-state index in [1.807, 2.05) is 0 Å². The van der Waals surface area contributed by atoms with Gasteiger partial charge < -0.3 is 4.57 Å². The van der Waals surface area contributed by atoms with Crippen LogP contribution in [0.2, 0.25) is 0 Å². The molecule has 0 saturated carbocycles. The minimum atomic E-state index is -0.000180. The van der Waals surface area contributed by atoms with Gasteiger partial charge in [-0.1, -0.05) is 38.0 Å². The lowest BCUT2D eigenvalue weighted by molar-refractivity contribution is -0.0340. The zero-order valence-corrected chi connectivity index (χ0v) is 15.2. The molecule has 3 aliphatic rings. The molecule has 0 radical (unpaired) electrons. The van der Waals surface area contributed by atoms with E-state index in [0.717, 1.165) is 12.8 Å². The molecular weight excluding hydrogens is 306 g/mol. The van der Waals surface area contributed by atoms with Crippen molar-refractivity contribution in [3.05, 3.63) is 35.5 Å². The number of hydrogen-bond acceptors (Lipinski definition) is 2. The maximum absolute atomic E-state index is 10.0. The third kappa shape index (κ3) is 2.01. The lowest BCUT2D eigenvalue weighted by Crippen LogP contribution is -2.53. The normalized spacial score (nSPS) is 30.9. The maximum atomic E-state index is 10.0. The first-order valence-electron chi connectivity index (χ1n) is 10.0. The van der Waals surface area contributed by atoms with Crippen molar-refractivity contribution >= 4 is 10.9 Å². The molecule has 3 aliphatic heterocycles. The lowest BCUT2D eigenvalue weighted by atomic mass is 9.62. The Bertz CT molecular complexity index is 858. The van der Waals surface area contributed by atoms with Gasteiger partial charge in [-0.2, -0.15) is 5.26 Å². The van der Waals surface area contributed by atoms with Gasteiger partial charge in [0.25, 0.3) is 0 Å². The number of nitrogens with zero attached hydrogens (tertiary/aromatic N) is 3. The first kappa shape index (κ1) is 15.5. The topological polar surface area (TPSA) is 32.0 Å². The van der Waals surface area contributed by atoms with Crippen molar-refractivity contribution in [3.8, 4) is 6.07 Å². The van der Waals surface area contributed by atoms with Crippen LogP contribution >= 0.6 is 0 Å². The van der Waals surface area contributed by atoms with Crippen LogP contribution in [0, 0.1) is 16.7 Å². The van der Waals surface area contributed by atoms with E-state index in [9.17, 15) is 5.26 Å². The molecule has 3 nitrogen and oxygen atoms in total. The van der Waals surface area contributed by atoms with Crippen LogP contribution in [0.1, 0.15) is 68.8 Å². The van der Waals surface area contributed by atoms with Gasteiger partial charge in [-0.15, -0.1) is 0 Å². The lowest BCUT2D eigenvalue weighted by Gasteiger charge is -2.56. The second-order valence-electron chi connectivity index (χ2n) is 8.36. The Morgan fingerprint density at radius 3 is 3.00 bits per heavy atom. The summed E-state index contributed by atoms with van der Waals surface area (Å²) in [6.45, 7) is 4.72. The third-order valence-corrected chi connectivity index (χ3v) is 7.12. The van der Waals surface area contributed by atoms with E-state index in [4.69, 9.17) is 0 Å². The van der Waals surface area contributed by atoms with E-state index in [1.165, 1.54) is 61.8 Å². The number of aromatic nitrogens is 1. The molecule has 1 aromatic heterocycles. The van der Waals surface area contributed by atoms with Gasteiger partial charge in [0.05, 0.1) is 12.1 Å². The van der Waals surface area contributed by atoms with Gasteiger partial charge in [0, 0.05) is 23.1 Å². The van der Waals surface area contributed by atoms with Gasteiger partial charge in [0.2, 0.25) is 0 Å². The smallest absolute Gasteiger partial charge is 0.121 e. The van der Waals surface area contributed by atoms with Crippen LogP contribution in [0.5, 0.6) is 0 Å². The second-order valence-corrected chi connectivity index (χ2v) is 8.36.